The number of rotatable bonds is 7. The lowest BCUT2D eigenvalue weighted by Gasteiger charge is -2.35. The van der Waals surface area contributed by atoms with E-state index in [1.807, 2.05) is 0 Å². The summed E-state index contributed by atoms with van der Waals surface area (Å²) in [5.41, 5.74) is -0.198. The van der Waals surface area contributed by atoms with Crippen LogP contribution in [0.4, 0.5) is 0 Å². The van der Waals surface area contributed by atoms with Gasteiger partial charge in [-0.25, -0.2) is 0 Å². The molecule has 1 amide bonds. The van der Waals surface area contributed by atoms with E-state index in [9.17, 15) is 4.79 Å². The second-order valence-electron chi connectivity index (χ2n) is 5.64. The van der Waals surface area contributed by atoms with Gasteiger partial charge in [0.1, 0.15) is 0 Å². The van der Waals surface area contributed by atoms with E-state index in [2.05, 4.69) is 31.4 Å². The molecule has 4 heteroatoms. The van der Waals surface area contributed by atoms with Crippen molar-refractivity contribution in [3.8, 4) is 0 Å². The standard InChI is InChI=1S/C14H28N2O2/c1-4-14(6-5-7-15-11-14)13(17)16-8-9-18-10-12(2)3/h12,15H,4-11H2,1-3H3,(H,16,17). The van der Waals surface area contributed by atoms with Crippen LogP contribution in [0.3, 0.4) is 0 Å². The van der Waals surface area contributed by atoms with E-state index in [1.54, 1.807) is 0 Å². The number of carbonyl (C=O) groups excluding carboxylic acids is 1. The van der Waals surface area contributed by atoms with Crippen molar-refractivity contribution in [1.29, 1.82) is 0 Å². The van der Waals surface area contributed by atoms with Crippen LogP contribution in [0.5, 0.6) is 0 Å². The average Bonchev–Trinajstić information content (AvgIpc) is 2.38. The molecule has 0 aliphatic carbocycles. The molecular weight excluding hydrogens is 228 g/mol. The minimum Gasteiger partial charge on any atom is -0.379 e. The van der Waals surface area contributed by atoms with E-state index in [4.69, 9.17) is 4.74 Å². The van der Waals surface area contributed by atoms with Crippen molar-refractivity contribution < 1.29 is 9.53 Å². The fourth-order valence-corrected chi connectivity index (χ4v) is 2.37. The molecule has 0 bridgehead atoms. The maximum atomic E-state index is 12.2. The molecule has 0 aromatic heterocycles. The topological polar surface area (TPSA) is 50.4 Å². The normalized spacial score (nSPS) is 24.2. The summed E-state index contributed by atoms with van der Waals surface area (Å²) >= 11 is 0. The van der Waals surface area contributed by atoms with Crippen molar-refractivity contribution in [1.82, 2.24) is 10.6 Å². The van der Waals surface area contributed by atoms with Gasteiger partial charge in [-0.05, 0) is 31.7 Å². The number of hydrogen-bond donors (Lipinski definition) is 2. The third-order valence-electron chi connectivity index (χ3n) is 3.61. The van der Waals surface area contributed by atoms with Gasteiger partial charge in [-0.1, -0.05) is 20.8 Å². The molecule has 4 nitrogen and oxygen atoms in total. The summed E-state index contributed by atoms with van der Waals surface area (Å²) in [7, 11) is 0. The Morgan fingerprint density at radius 2 is 2.28 bits per heavy atom. The molecule has 1 aliphatic rings. The Kier molecular flexibility index (Phi) is 6.65. The number of carbonyl (C=O) groups is 1. The molecule has 0 radical (unpaired) electrons. The minimum atomic E-state index is -0.198. The SMILES string of the molecule is CCC1(C(=O)NCCOCC(C)C)CCCNC1. The quantitative estimate of drug-likeness (QED) is 0.680. The van der Waals surface area contributed by atoms with Crippen LogP contribution in [0.25, 0.3) is 0 Å². The Labute approximate surface area is 111 Å². The Balaban J connectivity index is 2.25. The summed E-state index contributed by atoms with van der Waals surface area (Å²) in [6.45, 7) is 10.2. The van der Waals surface area contributed by atoms with Gasteiger partial charge < -0.3 is 15.4 Å². The number of ether oxygens (including phenoxy) is 1. The van der Waals surface area contributed by atoms with Crippen LogP contribution < -0.4 is 10.6 Å². The molecule has 1 saturated heterocycles. The average molecular weight is 256 g/mol. The summed E-state index contributed by atoms with van der Waals surface area (Å²) < 4.78 is 5.47. The van der Waals surface area contributed by atoms with Gasteiger partial charge in [0.25, 0.3) is 0 Å². The number of hydrogen-bond acceptors (Lipinski definition) is 3. The molecule has 0 spiro atoms. The number of piperidine rings is 1. The lowest BCUT2D eigenvalue weighted by molar-refractivity contribution is -0.132. The summed E-state index contributed by atoms with van der Waals surface area (Å²) in [5, 5.41) is 6.35. The van der Waals surface area contributed by atoms with Gasteiger partial charge in [-0.3, -0.25) is 4.79 Å². The third-order valence-corrected chi connectivity index (χ3v) is 3.61. The first-order valence-corrected chi connectivity index (χ1v) is 7.17. The highest BCUT2D eigenvalue weighted by Gasteiger charge is 2.37. The predicted molar refractivity (Wildman–Crippen MR) is 73.5 cm³/mol. The highest BCUT2D eigenvalue weighted by molar-refractivity contribution is 5.83. The van der Waals surface area contributed by atoms with E-state index in [1.165, 1.54) is 0 Å². The lowest BCUT2D eigenvalue weighted by Crippen LogP contribution is -2.50. The molecular formula is C14H28N2O2. The molecule has 1 atom stereocenters. The smallest absolute Gasteiger partial charge is 0.227 e. The zero-order valence-electron chi connectivity index (χ0n) is 12.1. The van der Waals surface area contributed by atoms with Gasteiger partial charge in [0.05, 0.1) is 12.0 Å². The number of amides is 1. The first-order valence-electron chi connectivity index (χ1n) is 7.17. The van der Waals surface area contributed by atoms with Gasteiger partial charge in [0.15, 0.2) is 0 Å². The minimum absolute atomic E-state index is 0.186. The molecule has 0 saturated carbocycles. The van der Waals surface area contributed by atoms with Crippen molar-refractivity contribution in [3.05, 3.63) is 0 Å². The van der Waals surface area contributed by atoms with Gasteiger partial charge in [-0.2, -0.15) is 0 Å². The number of nitrogens with one attached hydrogen (secondary N) is 2. The molecule has 2 N–H and O–H groups in total. The van der Waals surface area contributed by atoms with Crippen molar-refractivity contribution >= 4 is 5.91 Å². The highest BCUT2D eigenvalue weighted by atomic mass is 16.5. The monoisotopic (exact) mass is 256 g/mol. The van der Waals surface area contributed by atoms with Gasteiger partial charge >= 0.3 is 0 Å². The van der Waals surface area contributed by atoms with Crippen molar-refractivity contribution in [2.75, 3.05) is 32.8 Å². The van der Waals surface area contributed by atoms with E-state index < -0.39 is 0 Å². The van der Waals surface area contributed by atoms with Crippen LogP contribution >= 0.6 is 0 Å². The lowest BCUT2D eigenvalue weighted by atomic mass is 9.77. The molecule has 1 fully saturated rings. The van der Waals surface area contributed by atoms with Crippen molar-refractivity contribution in [3.63, 3.8) is 0 Å². The fraction of sp³-hybridized carbons (Fsp3) is 0.929. The largest absolute Gasteiger partial charge is 0.379 e. The van der Waals surface area contributed by atoms with Crippen molar-refractivity contribution in [2.45, 2.75) is 40.0 Å². The molecule has 106 valence electrons. The maximum absolute atomic E-state index is 12.2. The summed E-state index contributed by atoms with van der Waals surface area (Å²) in [4.78, 5) is 12.2. The van der Waals surface area contributed by atoms with E-state index in [-0.39, 0.29) is 11.3 Å². The third kappa shape index (κ3) is 4.58. The van der Waals surface area contributed by atoms with Gasteiger partial charge in [0.2, 0.25) is 5.91 Å². The zero-order chi connectivity index (χ0) is 13.4. The first-order chi connectivity index (χ1) is 8.60. The molecule has 1 rings (SSSR count). The molecule has 1 unspecified atom stereocenters. The Bertz CT molecular complexity index is 248. The highest BCUT2D eigenvalue weighted by Crippen LogP contribution is 2.29. The fourth-order valence-electron chi connectivity index (χ4n) is 2.37. The molecule has 0 aromatic rings. The van der Waals surface area contributed by atoms with Crippen LogP contribution in [0.1, 0.15) is 40.0 Å². The first kappa shape index (κ1) is 15.4. The molecule has 18 heavy (non-hydrogen) atoms. The van der Waals surface area contributed by atoms with Crippen molar-refractivity contribution in [2.24, 2.45) is 11.3 Å². The van der Waals surface area contributed by atoms with Crippen LogP contribution in [0, 0.1) is 11.3 Å². The summed E-state index contributed by atoms with van der Waals surface area (Å²) in [6.07, 6.45) is 2.99. The van der Waals surface area contributed by atoms with Crippen LogP contribution in [-0.4, -0.2) is 38.8 Å². The summed E-state index contributed by atoms with van der Waals surface area (Å²) in [5.74, 6) is 0.732. The Hall–Kier alpha value is -0.610. The van der Waals surface area contributed by atoms with Crippen LogP contribution in [-0.2, 0) is 9.53 Å². The predicted octanol–water partition coefficient (Wildman–Crippen LogP) is 1.55. The second-order valence-corrected chi connectivity index (χ2v) is 5.64. The van der Waals surface area contributed by atoms with E-state index >= 15 is 0 Å². The van der Waals surface area contributed by atoms with Crippen LogP contribution in [0.2, 0.25) is 0 Å². The second kappa shape index (κ2) is 7.74. The molecule has 1 heterocycles. The van der Waals surface area contributed by atoms with E-state index in [0.717, 1.165) is 39.0 Å². The van der Waals surface area contributed by atoms with Gasteiger partial charge in [0, 0.05) is 19.7 Å². The van der Waals surface area contributed by atoms with Crippen LogP contribution in [0.15, 0.2) is 0 Å². The van der Waals surface area contributed by atoms with E-state index in [0.29, 0.717) is 19.1 Å². The van der Waals surface area contributed by atoms with Gasteiger partial charge in [-0.15, -0.1) is 0 Å². The molecule has 0 aromatic carbocycles. The Morgan fingerprint density at radius 3 is 2.83 bits per heavy atom. The Morgan fingerprint density at radius 1 is 1.50 bits per heavy atom. The summed E-state index contributed by atoms with van der Waals surface area (Å²) in [6, 6.07) is 0. The zero-order valence-corrected chi connectivity index (χ0v) is 12.1. The maximum Gasteiger partial charge on any atom is 0.227 e. The molecule has 1 aliphatic heterocycles.